The molecule has 4 nitrogen and oxygen atoms in total. The molecule has 22 heavy (non-hydrogen) atoms. The van der Waals surface area contributed by atoms with Gasteiger partial charge in [0.15, 0.2) is 0 Å². The second-order valence-corrected chi connectivity index (χ2v) is 5.85. The number of hydrogen-bond acceptors (Lipinski definition) is 3. The molecule has 3 N–H and O–H groups in total. The minimum absolute atomic E-state index is 0. The summed E-state index contributed by atoms with van der Waals surface area (Å²) in [5.41, 5.74) is 9.13. The molecule has 1 aliphatic rings. The number of benzene rings is 1. The van der Waals surface area contributed by atoms with Gasteiger partial charge in [-0.1, -0.05) is 18.2 Å². The van der Waals surface area contributed by atoms with E-state index in [1.54, 1.807) is 0 Å². The van der Waals surface area contributed by atoms with Gasteiger partial charge in [-0.3, -0.25) is 4.79 Å². The summed E-state index contributed by atoms with van der Waals surface area (Å²) in [4.78, 5) is 14.3. The van der Waals surface area contributed by atoms with Crippen LogP contribution in [0.25, 0.3) is 0 Å². The molecule has 0 aromatic heterocycles. The summed E-state index contributed by atoms with van der Waals surface area (Å²) in [6, 6.07) is 6.45. The Morgan fingerprint density at radius 2 is 1.91 bits per heavy atom. The largest absolute Gasteiger partial charge is 0.376 e. The lowest BCUT2D eigenvalue weighted by molar-refractivity contribution is -0.129. The van der Waals surface area contributed by atoms with Gasteiger partial charge in [0.05, 0.1) is 6.54 Å². The van der Waals surface area contributed by atoms with E-state index in [4.69, 9.17) is 5.73 Å². The highest BCUT2D eigenvalue weighted by molar-refractivity contribution is 5.85. The molecular formula is C16H27Cl2N3O. The number of aryl methyl sites for hydroxylation is 2. The molecule has 1 aliphatic heterocycles. The lowest BCUT2D eigenvalue weighted by Crippen LogP contribution is -2.38. The van der Waals surface area contributed by atoms with Gasteiger partial charge in [-0.25, -0.2) is 0 Å². The van der Waals surface area contributed by atoms with E-state index in [0.29, 0.717) is 25.0 Å². The third-order valence-electron chi connectivity index (χ3n) is 4.21. The number of nitrogens with one attached hydrogen (secondary N) is 1. The molecule has 1 saturated heterocycles. The standard InChI is InChI=1S/C16H25N3O.2ClH/c1-11-5-4-6-12(2)16(11)18-9-15(20)19-10-14(8-17)7-13(19)3;;/h4-6,13-14,18H,7-10,17H2,1-3H3;2*1H. The second-order valence-electron chi connectivity index (χ2n) is 5.85. The number of nitrogens with zero attached hydrogens (tertiary/aromatic N) is 1. The van der Waals surface area contributed by atoms with E-state index in [-0.39, 0.29) is 30.7 Å². The molecule has 6 heteroatoms. The van der Waals surface area contributed by atoms with Crippen LogP contribution in [-0.2, 0) is 4.79 Å². The summed E-state index contributed by atoms with van der Waals surface area (Å²) in [6.07, 6.45) is 1.02. The molecule has 0 radical (unpaired) electrons. The van der Waals surface area contributed by atoms with Crippen LogP contribution < -0.4 is 11.1 Å². The lowest BCUT2D eigenvalue weighted by Gasteiger charge is -2.22. The summed E-state index contributed by atoms with van der Waals surface area (Å²) in [6.45, 7) is 8.04. The molecule has 126 valence electrons. The second kappa shape index (κ2) is 9.23. The van der Waals surface area contributed by atoms with Gasteiger partial charge < -0.3 is 16.0 Å². The molecule has 0 saturated carbocycles. The van der Waals surface area contributed by atoms with Crippen LogP contribution in [0.2, 0.25) is 0 Å². The maximum atomic E-state index is 12.3. The molecule has 1 aromatic rings. The average Bonchev–Trinajstić information content (AvgIpc) is 2.79. The number of likely N-dealkylation sites (tertiary alicyclic amines) is 1. The third-order valence-corrected chi connectivity index (χ3v) is 4.21. The van der Waals surface area contributed by atoms with Crippen LogP contribution in [0.5, 0.6) is 0 Å². The topological polar surface area (TPSA) is 58.4 Å². The summed E-state index contributed by atoms with van der Waals surface area (Å²) >= 11 is 0. The molecule has 2 rings (SSSR count). The summed E-state index contributed by atoms with van der Waals surface area (Å²) in [7, 11) is 0. The van der Waals surface area contributed by atoms with Gasteiger partial charge in [0, 0.05) is 18.3 Å². The zero-order valence-corrected chi connectivity index (χ0v) is 15.1. The van der Waals surface area contributed by atoms with Gasteiger partial charge in [0.1, 0.15) is 0 Å². The maximum Gasteiger partial charge on any atom is 0.242 e. The molecule has 1 aromatic carbocycles. The van der Waals surface area contributed by atoms with Crippen molar-refractivity contribution in [3.8, 4) is 0 Å². The van der Waals surface area contributed by atoms with Crippen LogP contribution in [0, 0.1) is 19.8 Å². The Kier molecular flexibility index (Phi) is 8.83. The van der Waals surface area contributed by atoms with Crippen molar-refractivity contribution in [2.24, 2.45) is 11.7 Å². The van der Waals surface area contributed by atoms with Crippen molar-refractivity contribution in [1.29, 1.82) is 0 Å². The van der Waals surface area contributed by atoms with Crippen molar-refractivity contribution < 1.29 is 4.79 Å². The van der Waals surface area contributed by atoms with E-state index >= 15 is 0 Å². The Morgan fingerprint density at radius 1 is 1.32 bits per heavy atom. The van der Waals surface area contributed by atoms with Gasteiger partial charge in [0.25, 0.3) is 0 Å². The number of anilines is 1. The minimum Gasteiger partial charge on any atom is -0.376 e. The minimum atomic E-state index is 0. The molecule has 0 spiro atoms. The SMILES string of the molecule is Cc1cccc(C)c1NCC(=O)N1CC(CN)CC1C.Cl.Cl. The van der Waals surface area contributed by atoms with Gasteiger partial charge in [0.2, 0.25) is 5.91 Å². The molecule has 1 heterocycles. The van der Waals surface area contributed by atoms with Crippen LogP contribution in [0.4, 0.5) is 5.69 Å². The van der Waals surface area contributed by atoms with Crippen molar-refractivity contribution in [2.45, 2.75) is 33.2 Å². The Morgan fingerprint density at radius 3 is 2.41 bits per heavy atom. The zero-order chi connectivity index (χ0) is 14.7. The monoisotopic (exact) mass is 347 g/mol. The first kappa shape index (κ1) is 21.0. The van der Waals surface area contributed by atoms with E-state index in [1.807, 2.05) is 11.0 Å². The fourth-order valence-corrected chi connectivity index (χ4v) is 3.02. The smallest absolute Gasteiger partial charge is 0.242 e. The number of nitrogens with two attached hydrogens (primary N) is 1. The molecule has 2 unspecified atom stereocenters. The van der Waals surface area contributed by atoms with E-state index in [0.717, 1.165) is 18.7 Å². The van der Waals surface area contributed by atoms with E-state index in [1.165, 1.54) is 11.1 Å². The van der Waals surface area contributed by atoms with Crippen molar-refractivity contribution >= 4 is 36.4 Å². The van der Waals surface area contributed by atoms with Crippen molar-refractivity contribution in [3.63, 3.8) is 0 Å². The Labute approximate surface area is 145 Å². The number of hydrogen-bond donors (Lipinski definition) is 2. The van der Waals surface area contributed by atoms with Crippen LogP contribution in [0.15, 0.2) is 18.2 Å². The molecule has 1 fully saturated rings. The predicted octanol–water partition coefficient (Wildman–Crippen LogP) is 2.75. The molecule has 2 atom stereocenters. The van der Waals surface area contributed by atoms with Gasteiger partial charge in [-0.2, -0.15) is 0 Å². The van der Waals surface area contributed by atoms with E-state index in [9.17, 15) is 4.79 Å². The predicted molar refractivity (Wildman–Crippen MR) is 97.2 cm³/mol. The van der Waals surface area contributed by atoms with Crippen LogP contribution in [0.1, 0.15) is 24.5 Å². The first-order valence-corrected chi connectivity index (χ1v) is 7.32. The third kappa shape index (κ3) is 4.77. The van der Waals surface area contributed by atoms with Crippen LogP contribution >= 0.6 is 24.8 Å². The van der Waals surface area contributed by atoms with Crippen LogP contribution in [-0.4, -0.2) is 36.5 Å². The van der Waals surface area contributed by atoms with Crippen molar-refractivity contribution in [3.05, 3.63) is 29.3 Å². The van der Waals surface area contributed by atoms with Gasteiger partial charge in [-0.15, -0.1) is 24.8 Å². The fourth-order valence-electron chi connectivity index (χ4n) is 3.02. The molecule has 0 aliphatic carbocycles. The number of para-hydroxylation sites is 1. The highest BCUT2D eigenvalue weighted by Gasteiger charge is 2.31. The van der Waals surface area contributed by atoms with Gasteiger partial charge >= 0.3 is 0 Å². The summed E-state index contributed by atoms with van der Waals surface area (Å²) in [5.74, 6) is 0.616. The van der Waals surface area contributed by atoms with Gasteiger partial charge in [-0.05, 0) is 50.8 Å². The number of halogens is 2. The zero-order valence-electron chi connectivity index (χ0n) is 13.5. The maximum absolute atomic E-state index is 12.3. The fraction of sp³-hybridized carbons (Fsp3) is 0.562. The Hall–Kier alpha value is -0.970. The summed E-state index contributed by atoms with van der Waals surface area (Å²) in [5, 5.41) is 3.29. The number of carbonyl (C=O) groups excluding carboxylic acids is 1. The average molecular weight is 348 g/mol. The van der Waals surface area contributed by atoms with E-state index in [2.05, 4.69) is 38.2 Å². The van der Waals surface area contributed by atoms with Crippen molar-refractivity contribution in [2.75, 3.05) is 25.0 Å². The molecular weight excluding hydrogens is 321 g/mol. The first-order chi connectivity index (χ1) is 9.52. The Balaban J connectivity index is 0.00000220. The number of amides is 1. The number of rotatable bonds is 4. The first-order valence-electron chi connectivity index (χ1n) is 7.32. The molecule has 0 bridgehead atoms. The van der Waals surface area contributed by atoms with Crippen LogP contribution in [0.3, 0.4) is 0 Å². The highest BCUT2D eigenvalue weighted by atomic mass is 35.5. The molecule has 1 amide bonds. The summed E-state index contributed by atoms with van der Waals surface area (Å²) < 4.78 is 0. The lowest BCUT2D eigenvalue weighted by atomic mass is 10.1. The number of carbonyl (C=O) groups is 1. The van der Waals surface area contributed by atoms with Crippen molar-refractivity contribution in [1.82, 2.24) is 4.90 Å². The Bertz CT molecular complexity index is 476. The van der Waals surface area contributed by atoms with E-state index < -0.39 is 0 Å². The normalized spacial score (nSPS) is 20.1. The highest BCUT2D eigenvalue weighted by Crippen LogP contribution is 2.23. The quantitative estimate of drug-likeness (QED) is 0.880.